The lowest BCUT2D eigenvalue weighted by Gasteiger charge is -2.33. The molecule has 0 spiro atoms. The third kappa shape index (κ3) is 6.09. The van der Waals surface area contributed by atoms with Crippen LogP contribution >= 0.6 is 0 Å². The summed E-state index contributed by atoms with van der Waals surface area (Å²) in [5.74, 6) is 1.94. The first-order chi connectivity index (χ1) is 14.8. The fourth-order valence-electron chi connectivity index (χ4n) is 4.67. The number of piperidine rings is 1. The van der Waals surface area contributed by atoms with Crippen LogP contribution in [0.3, 0.4) is 0 Å². The Labute approximate surface area is 180 Å². The number of amides is 1. The third-order valence-corrected chi connectivity index (χ3v) is 6.41. The van der Waals surface area contributed by atoms with Gasteiger partial charge in [0, 0.05) is 32.6 Å². The highest BCUT2D eigenvalue weighted by molar-refractivity contribution is 5.76. The summed E-state index contributed by atoms with van der Waals surface area (Å²) in [5, 5.41) is 0. The van der Waals surface area contributed by atoms with E-state index in [2.05, 4.69) is 46.2 Å². The van der Waals surface area contributed by atoms with E-state index < -0.39 is 0 Å². The van der Waals surface area contributed by atoms with E-state index in [1.54, 1.807) is 0 Å². The number of likely N-dealkylation sites (tertiary alicyclic amines) is 2. The smallest absolute Gasteiger partial charge is 0.222 e. The molecular formula is C26H34N2O2. The van der Waals surface area contributed by atoms with E-state index in [4.69, 9.17) is 4.74 Å². The number of hydrogen-bond acceptors (Lipinski definition) is 3. The standard InChI is InChI=1S/C26H34N2O2/c29-26(28-17-4-5-18-28)15-12-22-9-6-16-27(19-22)20-23-10-13-25(14-11-23)30-21-24-7-2-1-3-8-24/h1-3,7-8,10-11,13-14,22H,4-6,9,12,15-21H2/t22-/m0/s1. The van der Waals surface area contributed by atoms with Crippen molar-refractivity contribution in [3.8, 4) is 5.75 Å². The Balaban J connectivity index is 1.21. The van der Waals surface area contributed by atoms with Gasteiger partial charge in [-0.2, -0.15) is 0 Å². The molecule has 0 saturated carbocycles. The maximum atomic E-state index is 12.3. The lowest BCUT2D eigenvalue weighted by Crippen LogP contribution is -2.35. The number of ether oxygens (including phenoxy) is 1. The molecule has 2 aliphatic heterocycles. The summed E-state index contributed by atoms with van der Waals surface area (Å²) in [6.45, 7) is 5.80. The Morgan fingerprint density at radius 1 is 0.900 bits per heavy atom. The average Bonchev–Trinajstić information content (AvgIpc) is 3.33. The van der Waals surface area contributed by atoms with E-state index in [1.165, 1.54) is 36.8 Å². The van der Waals surface area contributed by atoms with E-state index >= 15 is 0 Å². The summed E-state index contributed by atoms with van der Waals surface area (Å²) in [5.41, 5.74) is 2.51. The molecule has 2 aliphatic rings. The van der Waals surface area contributed by atoms with Crippen LogP contribution in [0, 0.1) is 5.92 Å². The van der Waals surface area contributed by atoms with Crippen LogP contribution in [0.4, 0.5) is 0 Å². The molecule has 0 unspecified atom stereocenters. The molecule has 1 atom stereocenters. The van der Waals surface area contributed by atoms with Gasteiger partial charge in [0.2, 0.25) is 5.91 Å². The Kier molecular flexibility index (Phi) is 7.41. The van der Waals surface area contributed by atoms with Gasteiger partial charge >= 0.3 is 0 Å². The molecule has 0 N–H and O–H groups in total. The second-order valence-electron chi connectivity index (χ2n) is 8.79. The van der Waals surface area contributed by atoms with Gasteiger partial charge in [0.15, 0.2) is 0 Å². The number of hydrogen-bond donors (Lipinski definition) is 0. The lowest BCUT2D eigenvalue weighted by molar-refractivity contribution is -0.130. The summed E-state index contributed by atoms with van der Waals surface area (Å²) >= 11 is 0. The molecule has 2 aromatic rings. The van der Waals surface area contributed by atoms with Gasteiger partial charge in [-0.05, 0) is 67.8 Å². The van der Waals surface area contributed by atoms with Crippen molar-refractivity contribution in [3.05, 3.63) is 65.7 Å². The quantitative estimate of drug-likeness (QED) is 0.626. The van der Waals surface area contributed by atoms with Crippen molar-refractivity contribution in [3.63, 3.8) is 0 Å². The first-order valence-corrected chi connectivity index (χ1v) is 11.5. The third-order valence-electron chi connectivity index (χ3n) is 6.41. The van der Waals surface area contributed by atoms with Crippen molar-refractivity contribution in [2.24, 2.45) is 5.92 Å². The van der Waals surface area contributed by atoms with Gasteiger partial charge in [-0.25, -0.2) is 0 Å². The van der Waals surface area contributed by atoms with E-state index in [1.807, 2.05) is 18.2 Å². The molecule has 4 nitrogen and oxygen atoms in total. The summed E-state index contributed by atoms with van der Waals surface area (Å²) < 4.78 is 5.90. The molecule has 160 valence electrons. The molecule has 0 aromatic heterocycles. The van der Waals surface area contributed by atoms with Crippen LogP contribution < -0.4 is 4.74 Å². The molecule has 4 rings (SSSR count). The summed E-state index contributed by atoms with van der Waals surface area (Å²) in [4.78, 5) is 16.9. The molecule has 4 heteroatoms. The molecule has 0 radical (unpaired) electrons. The molecule has 2 fully saturated rings. The zero-order valence-corrected chi connectivity index (χ0v) is 18.0. The predicted octanol–water partition coefficient (Wildman–Crippen LogP) is 4.88. The van der Waals surface area contributed by atoms with E-state index in [-0.39, 0.29) is 0 Å². The maximum absolute atomic E-state index is 12.3. The van der Waals surface area contributed by atoms with Crippen LogP contribution in [0.15, 0.2) is 54.6 Å². The Morgan fingerprint density at radius 2 is 1.67 bits per heavy atom. The Bertz CT molecular complexity index is 784. The second kappa shape index (κ2) is 10.6. The van der Waals surface area contributed by atoms with E-state index in [0.29, 0.717) is 18.4 Å². The fraction of sp³-hybridized carbons (Fsp3) is 0.500. The number of carbonyl (C=O) groups excluding carboxylic acids is 1. The minimum Gasteiger partial charge on any atom is -0.489 e. The van der Waals surface area contributed by atoms with Crippen LogP contribution in [0.5, 0.6) is 5.75 Å². The highest BCUT2D eigenvalue weighted by Crippen LogP contribution is 2.24. The average molecular weight is 407 g/mol. The molecule has 0 aliphatic carbocycles. The lowest BCUT2D eigenvalue weighted by atomic mass is 9.93. The largest absolute Gasteiger partial charge is 0.489 e. The van der Waals surface area contributed by atoms with Crippen molar-refractivity contribution in [2.45, 2.75) is 51.7 Å². The van der Waals surface area contributed by atoms with Crippen molar-refractivity contribution in [1.82, 2.24) is 9.80 Å². The van der Waals surface area contributed by atoms with Gasteiger partial charge in [0.05, 0.1) is 0 Å². The first kappa shape index (κ1) is 20.9. The van der Waals surface area contributed by atoms with Crippen molar-refractivity contribution in [1.29, 1.82) is 0 Å². The highest BCUT2D eigenvalue weighted by atomic mass is 16.5. The van der Waals surface area contributed by atoms with Gasteiger partial charge < -0.3 is 9.64 Å². The van der Waals surface area contributed by atoms with Crippen LogP contribution in [0.2, 0.25) is 0 Å². The van der Waals surface area contributed by atoms with Crippen molar-refractivity contribution in [2.75, 3.05) is 26.2 Å². The Morgan fingerprint density at radius 3 is 2.43 bits per heavy atom. The zero-order valence-electron chi connectivity index (χ0n) is 18.0. The van der Waals surface area contributed by atoms with Gasteiger partial charge in [-0.3, -0.25) is 9.69 Å². The number of nitrogens with zero attached hydrogens (tertiary/aromatic N) is 2. The van der Waals surface area contributed by atoms with Gasteiger partial charge in [0.1, 0.15) is 12.4 Å². The van der Waals surface area contributed by atoms with Crippen LogP contribution in [-0.2, 0) is 17.9 Å². The minimum absolute atomic E-state index is 0.371. The van der Waals surface area contributed by atoms with Gasteiger partial charge in [-0.1, -0.05) is 42.5 Å². The topological polar surface area (TPSA) is 32.8 Å². The number of rotatable bonds is 8. The van der Waals surface area contributed by atoms with E-state index in [9.17, 15) is 4.79 Å². The zero-order chi connectivity index (χ0) is 20.6. The SMILES string of the molecule is O=C(CC[C@@H]1CCCN(Cc2ccc(OCc3ccccc3)cc2)C1)N1CCCC1. The van der Waals surface area contributed by atoms with Gasteiger partial charge in [0.25, 0.3) is 0 Å². The molecule has 2 saturated heterocycles. The molecule has 2 heterocycles. The van der Waals surface area contributed by atoms with Crippen LogP contribution in [-0.4, -0.2) is 41.9 Å². The molecule has 1 amide bonds. The molecule has 0 bridgehead atoms. The van der Waals surface area contributed by atoms with Crippen LogP contribution in [0.1, 0.15) is 49.7 Å². The first-order valence-electron chi connectivity index (χ1n) is 11.5. The molecule has 30 heavy (non-hydrogen) atoms. The summed E-state index contributed by atoms with van der Waals surface area (Å²) in [6, 6.07) is 18.8. The molecular weight excluding hydrogens is 372 g/mol. The van der Waals surface area contributed by atoms with Crippen molar-refractivity contribution >= 4 is 5.91 Å². The Hall–Kier alpha value is -2.33. The number of carbonyl (C=O) groups is 1. The second-order valence-corrected chi connectivity index (χ2v) is 8.79. The monoisotopic (exact) mass is 406 g/mol. The predicted molar refractivity (Wildman–Crippen MR) is 120 cm³/mol. The van der Waals surface area contributed by atoms with E-state index in [0.717, 1.165) is 51.3 Å². The van der Waals surface area contributed by atoms with Crippen LogP contribution in [0.25, 0.3) is 0 Å². The number of benzene rings is 2. The van der Waals surface area contributed by atoms with Crippen molar-refractivity contribution < 1.29 is 9.53 Å². The highest BCUT2D eigenvalue weighted by Gasteiger charge is 2.23. The normalized spacial score (nSPS) is 19.7. The summed E-state index contributed by atoms with van der Waals surface area (Å²) in [7, 11) is 0. The fourth-order valence-corrected chi connectivity index (χ4v) is 4.67. The summed E-state index contributed by atoms with van der Waals surface area (Å²) in [6.07, 6.45) is 6.62. The molecule has 2 aromatic carbocycles. The van der Waals surface area contributed by atoms with Gasteiger partial charge in [-0.15, -0.1) is 0 Å². The maximum Gasteiger partial charge on any atom is 0.222 e. The minimum atomic E-state index is 0.371.